The molecule has 0 fully saturated rings. The summed E-state index contributed by atoms with van der Waals surface area (Å²) in [5.41, 5.74) is 5.68. The molecule has 0 unspecified atom stereocenters. The molecule has 0 saturated heterocycles. The maximum Gasteiger partial charge on any atom is 0.297 e. The summed E-state index contributed by atoms with van der Waals surface area (Å²) in [5.74, 6) is 1.32. The molecule has 0 atom stereocenters. The highest BCUT2D eigenvalue weighted by atomic mass is 16.5. The molecule has 4 aromatic rings. The number of hydrogen-bond donors (Lipinski definition) is 0. The fourth-order valence-corrected chi connectivity index (χ4v) is 2.88. The third kappa shape index (κ3) is 2.73. The molecule has 2 aromatic heterocycles. The average Bonchev–Trinajstić information content (AvgIpc) is 3.29. The molecular weight excluding hydrogens is 326 g/mol. The van der Waals surface area contributed by atoms with Crippen LogP contribution in [0.3, 0.4) is 0 Å². The monoisotopic (exact) mass is 343 g/mol. The van der Waals surface area contributed by atoms with Crippen LogP contribution in [0, 0.1) is 13.8 Å². The summed E-state index contributed by atoms with van der Waals surface area (Å²) < 4.78 is 10.9. The van der Waals surface area contributed by atoms with Gasteiger partial charge in [0.2, 0.25) is 11.6 Å². The van der Waals surface area contributed by atoms with Crippen molar-refractivity contribution in [1.29, 1.82) is 0 Å². The van der Waals surface area contributed by atoms with Crippen molar-refractivity contribution in [2.24, 2.45) is 0 Å². The van der Waals surface area contributed by atoms with Gasteiger partial charge in [0, 0.05) is 16.7 Å². The van der Waals surface area contributed by atoms with Crippen LogP contribution in [0.4, 0.5) is 0 Å². The highest BCUT2D eigenvalue weighted by Gasteiger charge is 2.21. The van der Waals surface area contributed by atoms with Gasteiger partial charge in [-0.15, -0.1) is 0 Å². The Morgan fingerprint density at radius 1 is 0.923 bits per heavy atom. The van der Waals surface area contributed by atoms with E-state index in [4.69, 9.17) is 9.05 Å². The van der Waals surface area contributed by atoms with Gasteiger partial charge >= 0.3 is 0 Å². The normalized spacial score (nSPS) is 10.8. The van der Waals surface area contributed by atoms with E-state index >= 15 is 0 Å². The molecule has 0 aliphatic carbocycles. The molecule has 0 aliphatic heterocycles. The topological polar surface area (TPSA) is 65.0 Å². The first-order chi connectivity index (χ1) is 12.7. The fraction of sp³-hybridized carbons (Fsp3) is 0.0952. The van der Waals surface area contributed by atoms with E-state index in [1.807, 2.05) is 68.5 Å². The van der Waals surface area contributed by atoms with Crippen LogP contribution in [0.1, 0.15) is 16.7 Å². The van der Waals surface area contributed by atoms with Crippen LogP contribution in [-0.2, 0) is 0 Å². The Balaban J connectivity index is 1.70. The zero-order valence-corrected chi connectivity index (χ0v) is 14.6. The van der Waals surface area contributed by atoms with Crippen LogP contribution in [0.15, 0.2) is 64.2 Å². The van der Waals surface area contributed by atoms with Gasteiger partial charge in [0.15, 0.2) is 0 Å². The predicted molar refractivity (Wildman–Crippen MR) is 100 cm³/mol. The maximum atomic E-state index is 5.49. The Bertz CT molecular complexity index is 1080. The van der Waals surface area contributed by atoms with Crippen molar-refractivity contribution in [3.8, 4) is 34.3 Å². The molecule has 0 bridgehead atoms. The van der Waals surface area contributed by atoms with E-state index in [-0.39, 0.29) is 0 Å². The molecule has 2 heterocycles. The highest BCUT2D eigenvalue weighted by molar-refractivity contribution is 5.70. The van der Waals surface area contributed by atoms with E-state index in [9.17, 15) is 0 Å². The minimum absolute atomic E-state index is 0.317. The van der Waals surface area contributed by atoms with E-state index in [0.717, 1.165) is 33.5 Å². The van der Waals surface area contributed by atoms with E-state index in [1.165, 1.54) is 0 Å². The Morgan fingerprint density at radius 3 is 2.46 bits per heavy atom. The minimum atomic E-state index is 0.317. The van der Waals surface area contributed by atoms with Crippen molar-refractivity contribution in [2.45, 2.75) is 13.8 Å². The van der Waals surface area contributed by atoms with Crippen molar-refractivity contribution in [3.05, 3.63) is 71.8 Å². The van der Waals surface area contributed by atoms with Gasteiger partial charge in [-0.1, -0.05) is 65.4 Å². The maximum absolute atomic E-state index is 5.49. The molecule has 5 heteroatoms. The number of benzene rings is 2. The van der Waals surface area contributed by atoms with Gasteiger partial charge in [-0.3, -0.25) is 0 Å². The van der Waals surface area contributed by atoms with Gasteiger partial charge in [0.05, 0.1) is 0 Å². The molecule has 2 aromatic carbocycles. The van der Waals surface area contributed by atoms with Crippen molar-refractivity contribution in [2.75, 3.05) is 0 Å². The first-order valence-corrected chi connectivity index (χ1v) is 8.26. The summed E-state index contributed by atoms with van der Waals surface area (Å²) in [5, 5.41) is 8.25. The fourth-order valence-electron chi connectivity index (χ4n) is 2.88. The van der Waals surface area contributed by atoms with Crippen LogP contribution in [0.5, 0.6) is 0 Å². The van der Waals surface area contributed by atoms with E-state index in [2.05, 4.69) is 21.9 Å². The van der Waals surface area contributed by atoms with Gasteiger partial charge in [-0.05, 0) is 31.0 Å². The summed E-state index contributed by atoms with van der Waals surface area (Å²) in [6, 6.07) is 15.8. The third-order valence-electron chi connectivity index (χ3n) is 4.34. The lowest BCUT2D eigenvalue weighted by Crippen LogP contribution is -1.86. The lowest BCUT2D eigenvalue weighted by molar-refractivity contribution is 0.386. The molecule has 0 N–H and O–H groups in total. The molecule has 0 amide bonds. The van der Waals surface area contributed by atoms with E-state index in [0.29, 0.717) is 17.5 Å². The summed E-state index contributed by atoms with van der Waals surface area (Å²) in [7, 11) is 0. The van der Waals surface area contributed by atoms with Gasteiger partial charge in [-0.25, -0.2) is 0 Å². The van der Waals surface area contributed by atoms with Crippen LogP contribution >= 0.6 is 0 Å². The Hall–Kier alpha value is -3.47. The summed E-state index contributed by atoms with van der Waals surface area (Å²) >= 11 is 0. The van der Waals surface area contributed by atoms with Crippen LogP contribution < -0.4 is 0 Å². The second kappa shape index (κ2) is 6.44. The molecule has 5 nitrogen and oxygen atoms in total. The average molecular weight is 343 g/mol. The van der Waals surface area contributed by atoms with Gasteiger partial charge in [-0.2, -0.15) is 4.98 Å². The molecule has 0 spiro atoms. The number of aromatic nitrogens is 3. The van der Waals surface area contributed by atoms with Crippen molar-refractivity contribution in [1.82, 2.24) is 15.3 Å². The summed E-state index contributed by atoms with van der Waals surface area (Å²) in [6.07, 6.45) is 1.82. The lowest BCUT2D eigenvalue weighted by Gasteiger charge is -2.01. The largest absolute Gasteiger partial charge is 0.350 e. The molecule has 0 saturated carbocycles. The quantitative estimate of drug-likeness (QED) is 0.502. The molecular formula is C21H17N3O2. The number of aryl methyl sites for hydroxylation is 1. The first-order valence-electron chi connectivity index (χ1n) is 8.26. The minimum Gasteiger partial charge on any atom is -0.350 e. The standard InChI is InChI=1S/C21H17N3O2/c1-4-15-10-11-17(12-13(15)2)20-22-21(26-24-20)19-14(3)18(23-25-19)16-8-6-5-7-9-16/h4-12H,1H2,2-3H3. The van der Waals surface area contributed by atoms with Crippen LogP contribution in [-0.4, -0.2) is 15.3 Å². The molecule has 0 radical (unpaired) electrons. The molecule has 128 valence electrons. The third-order valence-corrected chi connectivity index (χ3v) is 4.34. The molecule has 26 heavy (non-hydrogen) atoms. The summed E-state index contributed by atoms with van der Waals surface area (Å²) in [6.45, 7) is 7.76. The SMILES string of the molecule is C=Cc1ccc(-c2noc(-c3onc(-c4ccccc4)c3C)n2)cc1C. The molecule has 0 aliphatic rings. The Labute approximate surface area is 151 Å². The van der Waals surface area contributed by atoms with E-state index < -0.39 is 0 Å². The van der Waals surface area contributed by atoms with Crippen molar-refractivity contribution >= 4 is 6.08 Å². The zero-order chi connectivity index (χ0) is 18.1. The van der Waals surface area contributed by atoms with Crippen molar-refractivity contribution < 1.29 is 9.05 Å². The second-order valence-electron chi connectivity index (χ2n) is 6.05. The number of rotatable bonds is 4. The Morgan fingerprint density at radius 2 is 1.73 bits per heavy atom. The number of hydrogen-bond acceptors (Lipinski definition) is 5. The Kier molecular flexibility index (Phi) is 3.97. The smallest absolute Gasteiger partial charge is 0.297 e. The van der Waals surface area contributed by atoms with Crippen LogP contribution in [0.2, 0.25) is 0 Å². The summed E-state index contributed by atoms with van der Waals surface area (Å²) in [4.78, 5) is 4.48. The predicted octanol–water partition coefficient (Wildman–Crippen LogP) is 5.32. The molecule has 4 rings (SSSR count). The second-order valence-corrected chi connectivity index (χ2v) is 6.05. The van der Waals surface area contributed by atoms with Crippen molar-refractivity contribution in [3.63, 3.8) is 0 Å². The highest BCUT2D eigenvalue weighted by Crippen LogP contribution is 2.31. The lowest BCUT2D eigenvalue weighted by atomic mass is 10.0. The first kappa shape index (κ1) is 16.0. The van der Waals surface area contributed by atoms with E-state index in [1.54, 1.807) is 0 Å². The zero-order valence-electron chi connectivity index (χ0n) is 14.6. The number of nitrogens with zero attached hydrogens (tertiary/aromatic N) is 3. The van der Waals surface area contributed by atoms with Gasteiger partial charge in [0.1, 0.15) is 5.69 Å². The van der Waals surface area contributed by atoms with Gasteiger partial charge in [0.25, 0.3) is 5.89 Å². The van der Waals surface area contributed by atoms with Gasteiger partial charge < -0.3 is 9.05 Å². The van der Waals surface area contributed by atoms with Crippen LogP contribution in [0.25, 0.3) is 40.4 Å².